The summed E-state index contributed by atoms with van der Waals surface area (Å²) < 4.78 is 0. The monoisotopic (exact) mass is 436 g/mol. The average molecular weight is 436 g/mol. The minimum absolute atomic E-state index is 0. The summed E-state index contributed by atoms with van der Waals surface area (Å²) in [5, 5.41) is 26.1. The number of hydrogen-bond acceptors (Lipinski definition) is 9. The first-order valence-corrected chi connectivity index (χ1v) is 8.08. The number of aromatic nitrogens is 3. The summed E-state index contributed by atoms with van der Waals surface area (Å²) in [4.78, 5) is 42.7. The van der Waals surface area contributed by atoms with Gasteiger partial charge in [0.15, 0.2) is 0 Å². The van der Waals surface area contributed by atoms with Crippen LogP contribution in [0.1, 0.15) is 31.5 Å². The summed E-state index contributed by atoms with van der Waals surface area (Å²) in [6.45, 7) is 0. The Bertz CT molecular complexity index is 796. The number of pyridine rings is 3. The Hall–Kier alpha value is -3.26. The van der Waals surface area contributed by atoms with E-state index in [1.54, 1.807) is 36.4 Å². The van der Waals surface area contributed by atoms with E-state index in [4.69, 9.17) is 10.4 Å². The second-order valence-corrected chi connectivity index (χ2v) is 4.96. The van der Waals surface area contributed by atoms with Gasteiger partial charge in [0.05, 0.1) is 0 Å². The van der Waals surface area contributed by atoms with Crippen molar-refractivity contribution in [2.75, 3.05) is 0 Å². The zero-order valence-electron chi connectivity index (χ0n) is 16.3. The van der Waals surface area contributed by atoms with Gasteiger partial charge in [-0.25, -0.2) is 11.0 Å². The van der Waals surface area contributed by atoms with Crippen LogP contribution in [-0.4, -0.2) is 43.1 Å². The molecule has 0 aromatic carbocycles. The SMILES string of the molecule is O=C(NO)c1ccccn1.O=C(NO)c1ccccn1.O=C(N[O-])c1ccccn1.[Na+]. The topological polar surface area (TPSA) is 189 Å². The summed E-state index contributed by atoms with van der Waals surface area (Å²) in [5.41, 5.74) is 4.72. The number of nitrogens with zero attached hydrogens (tertiary/aromatic N) is 3. The van der Waals surface area contributed by atoms with Crippen molar-refractivity contribution in [2.45, 2.75) is 0 Å². The molecule has 12 nitrogen and oxygen atoms in total. The van der Waals surface area contributed by atoms with Crippen molar-refractivity contribution < 1.29 is 54.4 Å². The Balaban J connectivity index is 0.000000429. The Morgan fingerprint density at radius 2 is 0.968 bits per heavy atom. The van der Waals surface area contributed by atoms with Crippen LogP contribution in [0.15, 0.2) is 73.2 Å². The van der Waals surface area contributed by atoms with Gasteiger partial charge in [-0.15, -0.1) is 0 Å². The van der Waals surface area contributed by atoms with Crippen molar-refractivity contribution in [2.24, 2.45) is 0 Å². The number of rotatable bonds is 3. The van der Waals surface area contributed by atoms with E-state index in [0.29, 0.717) is 0 Å². The molecule has 0 spiro atoms. The van der Waals surface area contributed by atoms with Crippen LogP contribution in [0.5, 0.6) is 0 Å². The molecule has 0 saturated carbocycles. The molecule has 0 unspecified atom stereocenters. The van der Waals surface area contributed by atoms with E-state index in [2.05, 4.69) is 15.0 Å². The van der Waals surface area contributed by atoms with Gasteiger partial charge in [-0.1, -0.05) is 18.2 Å². The van der Waals surface area contributed by atoms with Crippen LogP contribution < -0.4 is 46.0 Å². The van der Waals surface area contributed by atoms with Crippen LogP contribution in [0.3, 0.4) is 0 Å². The first-order valence-electron chi connectivity index (χ1n) is 8.08. The number of nitrogens with one attached hydrogen (secondary N) is 3. The molecule has 0 fully saturated rings. The molecule has 31 heavy (non-hydrogen) atoms. The van der Waals surface area contributed by atoms with E-state index in [-0.39, 0.29) is 46.6 Å². The second-order valence-electron chi connectivity index (χ2n) is 4.96. The molecule has 3 heterocycles. The van der Waals surface area contributed by atoms with Crippen LogP contribution in [0.25, 0.3) is 0 Å². The molecule has 3 aromatic heterocycles. The summed E-state index contributed by atoms with van der Waals surface area (Å²) in [5.74, 6) is -1.90. The van der Waals surface area contributed by atoms with Gasteiger partial charge < -0.3 is 10.7 Å². The van der Waals surface area contributed by atoms with Crippen LogP contribution in [0.4, 0.5) is 0 Å². The molecular weight excluding hydrogens is 419 g/mol. The summed E-state index contributed by atoms with van der Waals surface area (Å²) in [6.07, 6.45) is 4.40. The molecule has 3 amide bonds. The Morgan fingerprint density at radius 3 is 1.19 bits per heavy atom. The van der Waals surface area contributed by atoms with E-state index in [1.807, 2.05) is 0 Å². The predicted molar refractivity (Wildman–Crippen MR) is 102 cm³/mol. The van der Waals surface area contributed by atoms with E-state index < -0.39 is 17.7 Å². The zero-order chi connectivity index (χ0) is 22.2. The largest absolute Gasteiger partial charge is 1.00 e. The van der Waals surface area contributed by atoms with Crippen molar-refractivity contribution in [3.8, 4) is 0 Å². The molecule has 0 bridgehead atoms. The first kappa shape index (κ1) is 27.7. The van der Waals surface area contributed by atoms with Gasteiger partial charge in [0.25, 0.3) is 17.7 Å². The number of carbonyl (C=O) groups is 3. The molecule has 0 aliphatic heterocycles. The normalized spacial score (nSPS) is 8.61. The molecule has 0 saturated heterocycles. The number of amides is 3. The molecule has 0 aliphatic rings. The Labute approximate surface area is 198 Å². The number of hydroxylamine groups is 3. The third kappa shape index (κ3) is 10.9. The molecule has 0 atom stereocenters. The zero-order valence-corrected chi connectivity index (χ0v) is 18.3. The van der Waals surface area contributed by atoms with Crippen LogP contribution >= 0.6 is 0 Å². The fraction of sp³-hybridized carbons (Fsp3) is 0. The fourth-order valence-electron chi connectivity index (χ4n) is 1.66. The predicted octanol–water partition coefficient (Wildman–Crippen LogP) is -2.29. The van der Waals surface area contributed by atoms with Gasteiger partial charge in [0.2, 0.25) is 0 Å². The Kier molecular flexibility index (Phi) is 14.8. The molecule has 0 radical (unpaired) electrons. The Morgan fingerprint density at radius 1 is 0.645 bits per heavy atom. The van der Waals surface area contributed by atoms with Gasteiger partial charge in [-0.05, 0) is 36.4 Å². The van der Waals surface area contributed by atoms with Gasteiger partial charge in [-0.3, -0.25) is 39.8 Å². The van der Waals surface area contributed by atoms with Crippen LogP contribution in [0, 0.1) is 5.21 Å². The summed E-state index contributed by atoms with van der Waals surface area (Å²) in [6, 6.07) is 14.5. The smallest absolute Gasteiger partial charge is 0.759 e. The van der Waals surface area contributed by atoms with E-state index in [1.165, 1.54) is 53.2 Å². The van der Waals surface area contributed by atoms with E-state index in [0.717, 1.165) is 0 Å². The second kappa shape index (κ2) is 16.5. The standard InChI is InChI=1S/2C6H6N2O2.C6H5N2O2.Na/c3*9-6(8-10)5-3-1-2-4-7-5;/h2*1-4,10H,(H,8,9);1-4H,(H-,7,8,9,10);/q;;-1;+1. The molecular formula is C18H17N6NaO6. The van der Waals surface area contributed by atoms with Crippen molar-refractivity contribution in [1.82, 2.24) is 31.4 Å². The number of hydrogen-bond donors (Lipinski definition) is 5. The summed E-state index contributed by atoms with van der Waals surface area (Å²) in [7, 11) is 0. The van der Waals surface area contributed by atoms with Crippen molar-refractivity contribution >= 4 is 17.7 Å². The van der Waals surface area contributed by atoms with Crippen LogP contribution in [0.2, 0.25) is 0 Å². The minimum atomic E-state index is -0.708. The summed E-state index contributed by atoms with van der Waals surface area (Å²) >= 11 is 0. The van der Waals surface area contributed by atoms with Gasteiger partial charge in [-0.2, -0.15) is 0 Å². The molecule has 3 rings (SSSR count). The molecule has 156 valence electrons. The van der Waals surface area contributed by atoms with Gasteiger partial charge in [0.1, 0.15) is 17.1 Å². The van der Waals surface area contributed by atoms with E-state index >= 15 is 0 Å². The van der Waals surface area contributed by atoms with Gasteiger partial charge in [0, 0.05) is 18.6 Å². The maximum Gasteiger partial charge on any atom is 1.00 e. The third-order valence-corrected chi connectivity index (χ3v) is 2.99. The van der Waals surface area contributed by atoms with Crippen molar-refractivity contribution in [3.05, 3.63) is 95.5 Å². The van der Waals surface area contributed by atoms with Gasteiger partial charge >= 0.3 is 29.6 Å². The maximum atomic E-state index is 10.6. The molecule has 13 heteroatoms. The fourth-order valence-corrected chi connectivity index (χ4v) is 1.66. The first-order chi connectivity index (χ1) is 14.5. The minimum Gasteiger partial charge on any atom is -0.759 e. The average Bonchev–Trinajstić information content (AvgIpc) is 2.85. The number of carbonyl (C=O) groups excluding carboxylic acids is 3. The maximum absolute atomic E-state index is 10.6. The quantitative estimate of drug-likeness (QED) is 0.171. The molecule has 0 aliphatic carbocycles. The van der Waals surface area contributed by atoms with Crippen LogP contribution in [-0.2, 0) is 0 Å². The molecule has 3 aromatic rings. The van der Waals surface area contributed by atoms with Crippen molar-refractivity contribution in [3.63, 3.8) is 0 Å². The van der Waals surface area contributed by atoms with Crippen molar-refractivity contribution in [1.29, 1.82) is 0 Å². The molecule has 5 N–H and O–H groups in total. The van der Waals surface area contributed by atoms with E-state index in [9.17, 15) is 19.6 Å². The third-order valence-electron chi connectivity index (χ3n) is 2.99.